The number of aryl methyl sites for hydroxylation is 2. The molecule has 0 radical (unpaired) electrons. The fraction of sp³-hybridized carbons (Fsp3) is 0.529. The van der Waals surface area contributed by atoms with Gasteiger partial charge in [-0.1, -0.05) is 0 Å². The third-order valence-electron chi connectivity index (χ3n) is 4.76. The normalized spacial score (nSPS) is 17.5. The molecule has 0 spiro atoms. The minimum atomic E-state index is 0.359. The van der Waals surface area contributed by atoms with Crippen molar-refractivity contribution in [3.63, 3.8) is 0 Å². The van der Waals surface area contributed by atoms with Gasteiger partial charge in [0.1, 0.15) is 5.82 Å². The molecular formula is C17H24N8. The minimum absolute atomic E-state index is 0.359. The Morgan fingerprint density at radius 3 is 2.36 bits per heavy atom. The van der Waals surface area contributed by atoms with Crippen LogP contribution in [-0.4, -0.2) is 52.7 Å². The lowest BCUT2D eigenvalue weighted by molar-refractivity contribution is 0.602. The molecule has 0 aliphatic carbocycles. The number of nitrogens with two attached hydrogens (primary N) is 1. The summed E-state index contributed by atoms with van der Waals surface area (Å²) in [5, 5.41) is 3.35. The maximum Gasteiger partial charge on any atom is 0.225 e. The quantitative estimate of drug-likeness (QED) is 0.813. The van der Waals surface area contributed by atoms with Crippen molar-refractivity contribution in [3.8, 4) is 0 Å². The van der Waals surface area contributed by atoms with Gasteiger partial charge in [0.15, 0.2) is 0 Å². The van der Waals surface area contributed by atoms with Crippen LogP contribution in [-0.2, 0) is 13.0 Å². The van der Waals surface area contributed by atoms with Crippen LogP contribution in [0.25, 0.3) is 0 Å². The summed E-state index contributed by atoms with van der Waals surface area (Å²) in [4.78, 5) is 22.7. The Labute approximate surface area is 147 Å². The van der Waals surface area contributed by atoms with E-state index in [2.05, 4.69) is 35.1 Å². The van der Waals surface area contributed by atoms with E-state index in [1.807, 2.05) is 19.9 Å². The lowest BCUT2D eigenvalue weighted by Crippen LogP contribution is -2.48. The molecule has 0 bridgehead atoms. The number of aromatic nitrogens is 4. The number of fused-ring (bicyclic) bond motifs is 1. The summed E-state index contributed by atoms with van der Waals surface area (Å²) in [6.07, 6.45) is 0.950. The fourth-order valence-corrected chi connectivity index (χ4v) is 3.59. The molecule has 1 fully saturated rings. The van der Waals surface area contributed by atoms with Crippen LogP contribution in [0.2, 0.25) is 0 Å². The van der Waals surface area contributed by atoms with Crippen molar-refractivity contribution >= 4 is 17.7 Å². The molecule has 0 amide bonds. The van der Waals surface area contributed by atoms with Crippen LogP contribution < -0.4 is 20.9 Å². The second kappa shape index (κ2) is 6.44. The number of hydrogen-bond donors (Lipinski definition) is 2. The first kappa shape index (κ1) is 16.0. The van der Waals surface area contributed by atoms with E-state index >= 15 is 0 Å². The van der Waals surface area contributed by atoms with Crippen LogP contribution in [0.15, 0.2) is 6.07 Å². The van der Waals surface area contributed by atoms with Crippen LogP contribution in [0.4, 0.5) is 17.7 Å². The molecule has 0 aromatic carbocycles. The van der Waals surface area contributed by atoms with Crippen LogP contribution in [0, 0.1) is 13.8 Å². The van der Waals surface area contributed by atoms with E-state index in [0.717, 1.165) is 74.5 Å². The molecule has 0 unspecified atom stereocenters. The maximum absolute atomic E-state index is 5.93. The summed E-state index contributed by atoms with van der Waals surface area (Å²) in [6, 6.07) is 2.00. The van der Waals surface area contributed by atoms with Crippen LogP contribution in [0.5, 0.6) is 0 Å². The molecule has 2 aromatic heterocycles. The molecule has 3 N–H and O–H groups in total. The van der Waals surface area contributed by atoms with Crippen molar-refractivity contribution in [1.29, 1.82) is 0 Å². The topological polar surface area (TPSA) is 96.1 Å². The van der Waals surface area contributed by atoms with Crippen molar-refractivity contribution in [2.45, 2.75) is 26.8 Å². The first-order chi connectivity index (χ1) is 12.1. The standard InChI is InChI=1S/C17H24N8/c1-11-9-12(2)21-17(20-11)25-7-5-24(6-8-25)15-13-3-4-19-10-14(13)22-16(18)23-15/h9,19H,3-8,10H2,1-2H3,(H2,18,22,23). The van der Waals surface area contributed by atoms with Crippen LogP contribution in [0.3, 0.4) is 0 Å². The van der Waals surface area contributed by atoms with Gasteiger partial charge in [-0.2, -0.15) is 4.98 Å². The predicted octanol–water partition coefficient (Wildman–Crippen LogP) is 0.438. The third kappa shape index (κ3) is 3.21. The number of rotatable bonds is 2. The van der Waals surface area contributed by atoms with Crippen molar-refractivity contribution < 1.29 is 0 Å². The van der Waals surface area contributed by atoms with Gasteiger partial charge in [0.25, 0.3) is 0 Å². The van der Waals surface area contributed by atoms with Gasteiger partial charge in [0.05, 0.1) is 5.69 Å². The number of nitrogens with one attached hydrogen (secondary N) is 1. The third-order valence-corrected chi connectivity index (χ3v) is 4.76. The lowest BCUT2D eigenvalue weighted by atomic mass is 10.1. The van der Waals surface area contributed by atoms with Crippen molar-refractivity contribution in [2.24, 2.45) is 0 Å². The molecule has 2 aliphatic rings. The smallest absolute Gasteiger partial charge is 0.225 e. The monoisotopic (exact) mass is 340 g/mol. The van der Waals surface area contributed by atoms with E-state index < -0.39 is 0 Å². The van der Waals surface area contributed by atoms with Gasteiger partial charge in [-0.3, -0.25) is 0 Å². The summed E-state index contributed by atoms with van der Waals surface area (Å²) >= 11 is 0. The summed E-state index contributed by atoms with van der Waals surface area (Å²) < 4.78 is 0. The molecule has 25 heavy (non-hydrogen) atoms. The lowest BCUT2D eigenvalue weighted by Gasteiger charge is -2.37. The Bertz CT molecular complexity index is 762. The first-order valence-corrected chi connectivity index (χ1v) is 8.78. The van der Waals surface area contributed by atoms with E-state index in [1.54, 1.807) is 0 Å². The van der Waals surface area contributed by atoms with Gasteiger partial charge in [-0.15, -0.1) is 0 Å². The van der Waals surface area contributed by atoms with Crippen molar-refractivity contribution in [1.82, 2.24) is 25.3 Å². The molecule has 1 saturated heterocycles. The van der Waals surface area contributed by atoms with E-state index in [1.165, 1.54) is 5.56 Å². The number of hydrogen-bond acceptors (Lipinski definition) is 8. The van der Waals surface area contributed by atoms with E-state index in [-0.39, 0.29) is 0 Å². The average molecular weight is 340 g/mol. The molecule has 0 saturated carbocycles. The molecule has 4 heterocycles. The number of piperazine rings is 1. The van der Waals surface area contributed by atoms with Crippen molar-refractivity contribution in [2.75, 3.05) is 48.3 Å². The Hall–Kier alpha value is -2.48. The number of anilines is 3. The minimum Gasteiger partial charge on any atom is -0.368 e. The molecule has 2 aromatic rings. The summed E-state index contributed by atoms with van der Waals surface area (Å²) in [6.45, 7) is 9.27. The van der Waals surface area contributed by atoms with Crippen molar-refractivity contribution in [3.05, 3.63) is 28.7 Å². The zero-order valence-electron chi connectivity index (χ0n) is 14.8. The molecule has 2 aliphatic heterocycles. The van der Waals surface area contributed by atoms with E-state index in [4.69, 9.17) is 5.73 Å². The van der Waals surface area contributed by atoms with Gasteiger partial charge in [0.2, 0.25) is 11.9 Å². The highest BCUT2D eigenvalue weighted by Gasteiger charge is 2.25. The Kier molecular flexibility index (Phi) is 4.12. The molecule has 0 atom stereocenters. The Morgan fingerprint density at radius 2 is 1.64 bits per heavy atom. The van der Waals surface area contributed by atoms with Gasteiger partial charge < -0.3 is 20.9 Å². The highest BCUT2D eigenvalue weighted by molar-refractivity contribution is 5.54. The maximum atomic E-state index is 5.93. The fourth-order valence-electron chi connectivity index (χ4n) is 3.59. The predicted molar refractivity (Wildman–Crippen MR) is 97.8 cm³/mol. The van der Waals surface area contributed by atoms with Crippen LogP contribution in [0.1, 0.15) is 22.6 Å². The van der Waals surface area contributed by atoms with Gasteiger partial charge in [-0.05, 0) is 32.9 Å². The molecule has 8 heteroatoms. The SMILES string of the molecule is Cc1cc(C)nc(N2CCN(c3nc(N)nc4c3CCNC4)CC2)n1. The van der Waals surface area contributed by atoms with Crippen LogP contribution >= 0.6 is 0 Å². The number of nitrogens with zero attached hydrogens (tertiary/aromatic N) is 6. The van der Waals surface area contributed by atoms with E-state index in [9.17, 15) is 0 Å². The zero-order valence-corrected chi connectivity index (χ0v) is 14.8. The molecule has 4 rings (SSSR count). The van der Waals surface area contributed by atoms with Gasteiger partial charge in [-0.25, -0.2) is 15.0 Å². The summed E-state index contributed by atoms with van der Waals surface area (Å²) in [5.74, 6) is 2.19. The Morgan fingerprint density at radius 1 is 0.960 bits per heavy atom. The molecular weight excluding hydrogens is 316 g/mol. The first-order valence-electron chi connectivity index (χ1n) is 8.78. The molecule has 8 nitrogen and oxygen atoms in total. The van der Waals surface area contributed by atoms with Gasteiger partial charge in [0, 0.05) is 49.7 Å². The summed E-state index contributed by atoms with van der Waals surface area (Å²) in [7, 11) is 0. The number of nitrogen functional groups attached to an aromatic ring is 1. The molecule has 132 valence electrons. The largest absolute Gasteiger partial charge is 0.368 e. The second-order valence-corrected chi connectivity index (χ2v) is 6.68. The summed E-state index contributed by atoms with van der Waals surface area (Å²) in [5.41, 5.74) is 10.2. The highest BCUT2D eigenvalue weighted by Crippen LogP contribution is 2.26. The average Bonchev–Trinajstić information content (AvgIpc) is 2.60. The van der Waals surface area contributed by atoms with Gasteiger partial charge >= 0.3 is 0 Å². The highest BCUT2D eigenvalue weighted by atomic mass is 15.3. The second-order valence-electron chi connectivity index (χ2n) is 6.68. The Balaban J connectivity index is 1.53. The zero-order chi connectivity index (χ0) is 17.4. The van der Waals surface area contributed by atoms with E-state index in [0.29, 0.717) is 5.95 Å².